The molecular formula is C8H8F3N3O3. The SMILES string of the molecule is O=C(O)CCn1ccc(NC(=O)C(F)(F)F)n1. The number of aromatic nitrogens is 2. The molecule has 0 atom stereocenters. The van der Waals surface area contributed by atoms with Crippen molar-refractivity contribution in [2.75, 3.05) is 5.32 Å². The molecule has 94 valence electrons. The number of carbonyl (C=O) groups excluding carboxylic acids is 1. The molecule has 1 heterocycles. The molecule has 6 nitrogen and oxygen atoms in total. The predicted octanol–water partition coefficient (Wildman–Crippen LogP) is 0.859. The summed E-state index contributed by atoms with van der Waals surface area (Å²) in [7, 11) is 0. The van der Waals surface area contributed by atoms with E-state index in [1.807, 2.05) is 0 Å². The Labute approximate surface area is 93.0 Å². The zero-order valence-corrected chi connectivity index (χ0v) is 8.36. The largest absolute Gasteiger partial charge is 0.481 e. The van der Waals surface area contributed by atoms with E-state index in [1.54, 1.807) is 5.32 Å². The molecule has 1 amide bonds. The lowest BCUT2D eigenvalue weighted by molar-refractivity contribution is -0.167. The summed E-state index contributed by atoms with van der Waals surface area (Å²) in [5, 5.41) is 13.5. The maximum Gasteiger partial charge on any atom is 0.471 e. The van der Waals surface area contributed by atoms with E-state index < -0.39 is 18.1 Å². The molecule has 0 radical (unpaired) electrons. The van der Waals surface area contributed by atoms with E-state index in [0.29, 0.717) is 0 Å². The van der Waals surface area contributed by atoms with Crippen molar-refractivity contribution in [3.05, 3.63) is 12.3 Å². The van der Waals surface area contributed by atoms with E-state index in [9.17, 15) is 22.8 Å². The number of halogens is 3. The number of anilines is 1. The van der Waals surface area contributed by atoms with E-state index in [0.717, 1.165) is 10.7 Å². The summed E-state index contributed by atoms with van der Waals surface area (Å²) in [6.07, 6.45) is -3.92. The van der Waals surface area contributed by atoms with Crippen molar-refractivity contribution >= 4 is 17.7 Å². The quantitative estimate of drug-likeness (QED) is 0.831. The van der Waals surface area contributed by atoms with E-state index in [4.69, 9.17) is 5.11 Å². The maximum atomic E-state index is 11.9. The number of amides is 1. The van der Waals surface area contributed by atoms with Crippen LogP contribution < -0.4 is 5.32 Å². The molecule has 0 saturated heterocycles. The third kappa shape index (κ3) is 4.13. The summed E-state index contributed by atoms with van der Waals surface area (Å²) >= 11 is 0. The van der Waals surface area contributed by atoms with Crippen LogP contribution in [-0.4, -0.2) is 32.9 Å². The van der Waals surface area contributed by atoms with Crippen molar-refractivity contribution in [1.29, 1.82) is 0 Å². The summed E-state index contributed by atoms with van der Waals surface area (Å²) in [5.74, 6) is -3.46. The Morgan fingerprint density at radius 3 is 2.65 bits per heavy atom. The lowest BCUT2D eigenvalue weighted by Gasteiger charge is -2.04. The molecule has 2 N–H and O–H groups in total. The van der Waals surface area contributed by atoms with Gasteiger partial charge in [-0.3, -0.25) is 14.3 Å². The van der Waals surface area contributed by atoms with Crippen molar-refractivity contribution in [3.8, 4) is 0 Å². The van der Waals surface area contributed by atoms with E-state index in [1.165, 1.54) is 6.20 Å². The Bertz CT molecular complexity index is 427. The number of hydrogen-bond acceptors (Lipinski definition) is 3. The van der Waals surface area contributed by atoms with Crippen LogP contribution >= 0.6 is 0 Å². The summed E-state index contributed by atoms with van der Waals surface area (Å²) in [4.78, 5) is 20.8. The highest BCUT2D eigenvalue weighted by Crippen LogP contribution is 2.17. The average Bonchev–Trinajstić information content (AvgIpc) is 2.61. The average molecular weight is 251 g/mol. The van der Waals surface area contributed by atoms with Gasteiger partial charge in [0.15, 0.2) is 5.82 Å². The molecule has 1 aromatic rings. The van der Waals surface area contributed by atoms with Crippen molar-refractivity contribution in [3.63, 3.8) is 0 Å². The highest BCUT2D eigenvalue weighted by atomic mass is 19.4. The van der Waals surface area contributed by atoms with E-state index >= 15 is 0 Å². The molecule has 0 fully saturated rings. The number of nitrogens with zero attached hydrogens (tertiary/aromatic N) is 2. The number of nitrogens with one attached hydrogen (secondary N) is 1. The topological polar surface area (TPSA) is 84.2 Å². The monoisotopic (exact) mass is 251 g/mol. The molecule has 0 aliphatic carbocycles. The van der Waals surface area contributed by atoms with Crippen LogP contribution in [0.4, 0.5) is 19.0 Å². The Morgan fingerprint density at radius 1 is 1.47 bits per heavy atom. The molecule has 0 spiro atoms. The smallest absolute Gasteiger partial charge is 0.471 e. The van der Waals surface area contributed by atoms with Crippen LogP contribution in [0.25, 0.3) is 0 Å². The van der Waals surface area contributed by atoms with Gasteiger partial charge in [0.2, 0.25) is 0 Å². The fraction of sp³-hybridized carbons (Fsp3) is 0.375. The maximum absolute atomic E-state index is 11.9. The number of carboxylic acids is 1. The van der Waals surface area contributed by atoms with Crippen molar-refractivity contribution in [2.45, 2.75) is 19.1 Å². The number of alkyl halides is 3. The Hall–Kier alpha value is -2.06. The summed E-state index contributed by atoms with van der Waals surface area (Å²) in [6, 6.07) is 1.14. The van der Waals surface area contributed by atoms with Gasteiger partial charge in [-0.05, 0) is 0 Å². The van der Waals surface area contributed by atoms with Gasteiger partial charge in [-0.2, -0.15) is 18.3 Å². The predicted molar refractivity (Wildman–Crippen MR) is 49.2 cm³/mol. The number of aryl methyl sites for hydroxylation is 1. The van der Waals surface area contributed by atoms with Crippen LogP contribution in [0.5, 0.6) is 0 Å². The van der Waals surface area contributed by atoms with Gasteiger partial charge in [0.1, 0.15) is 0 Å². The van der Waals surface area contributed by atoms with Gasteiger partial charge in [-0.1, -0.05) is 0 Å². The number of aliphatic carboxylic acids is 1. The van der Waals surface area contributed by atoms with Crippen LogP contribution in [0.1, 0.15) is 6.42 Å². The molecular weight excluding hydrogens is 243 g/mol. The zero-order valence-electron chi connectivity index (χ0n) is 8.36. The minimum atomic E-state index is -4.98. The van der Waals surface area contributed by atoms with Crippen molar-refractivity contribution in [1.82, 2.24) is 9.78 Å². The molecule has 1 rings (SSSR count). The summed E-state index contributed by atoms with van der Waals surface area (Å²) < 4.78 is 36.7. The fourth-order valence-corrected chi connectivity index (χ4v) is 0.950. The zero-order chi connectivity index (χ0) is 13.1. The first kappa shape index (κ1) is 13.0. The molecule has 0 saturated carbocycles. The number of carbonyl (C=O) groups is 2. The van der Waals surface area contributed by atoms with Gasteiger partial charge in [-0.15, -0.1) is 0 Å². The van der Waals surface area contributed by atoms with Crippen LogP contribution in [0.3, 0.4) is 0 Å². The minimum Gasteiger partial charge on any atom is -0.481 e. The first-order valence-corrected chi connectivity index (χ1v) is 4.42. The van der Waals surface area contributed by atoms with E-state index in [2.05, 4.69) is 5.10 Å². The standard InChI is InChI=1S/C8H8F3N3O3/c9-8(10,11)7(17)12-5-1-3-14(13-5)4-2-6(15)16/h1,3H,2,4H2,(H,15,16)(H,12,13,17). The van der Waals surface area contributed by atoms with Gasteiger partial charge < -0.3 is 10.4 Å². The molecule has 9 heteroatoms. The third-order valence-electron chi connectivity index (χ3n) is 1.69. The Morgan fingerprint density at radius 2 is 2.12 bits per heavy atom. The molecule has 1 aromatic heterocycles. The van der Waals surface area contributed by atoms with E-state index in [-0.39, 0.29) is 18.8 Å². The summed E-state index contributed by atoms with van der Waals surface area (Å²) in [6.45, 7) is 0.0111. The van der Waals surface area contributed by atoms with Crippen LogP contribution in [-0.2, 0) is 16.1 Å². The van der Waals surface area contributed by atoms with Crippen LogP contribution in [0.15, 0.2) is 12.3 Å². The normalized spacial score (nSPS) is 11.2. The third-order valence-corrected chi connectivity index (χ3v) is 1.69. The van der Waals surface area contributed by atoms with Crippen molar-refractivity contribution in [2.24, 2.45) is 0 Å². The second-order valence-electron chi connectivity index (χ2n) is 3.06. The van der Waals surface area contributed by atoms with Gasteiger partial charge in [-0.25, -0.2) is 0 Å². The lowest BCUT2D eigenvalue weighted by Crippen LogP contribution is -2.30. The van der Waals surface area contributed by atoms with Crippen LogP contribution in [0.2, 0.25) is 0 Å². The molecule has 0 aliphatic rings. The van der Waals surface area contributed by atoms with Gasteiger partial charge >= 0.3 is 18.1 Å². The fourth-order valence-electron chi connectivity index (χ4n) is 0.950. The summed E-state index contributed by atoms with van der Waals surface area (Å²) in [5.41, 5.74) is 0. The lowest BCUT2D eigenvalue weighted by atomic mass is 10.4. The highest BCUT2D eigenvalue weighted by molar-refractivity contribution is 5.94. The first-order valence-electron chi connectivity index (χ1n) is 4.42. The Kier molecular flexibility index (Phi) is 3.71. The number of hydrogen-bond donors (Lipinski definition) is 2. The molecule has 0 unspecified atom stereocenters. The Balaban J connectivity index is 2.57. The number of rotatable bonds is 4. The second kappa shape index (κ2) is 4.85. The molecule has 0 bridgehead atoms. The highest BCUT2D eigenvalue weighted by Gasteiger charge is 2.39. The van der Waals surface area contributed by atoms with Crippen LogP contribution in [0, 0.1) is 0 Å². The minimum absolute atomic E-state index is 0.0111. The molecule has 0 aliphatic heterocycles. The first-order chi connectivity index (χ1) is 7.79. The molecule has 0 aromatic carbocycles. The van der Waals surface area contributed by atoms with Crippen molar-refractivity contribution < 1.29 is 27.9 Å². The number of carboxylic acid groups (broad SMARTS) is 1. The second-order valence-corrected chi connectivity index (χ2v) is 3.06. The molecule has 17 heavy (non-hydrogen) atoms. The van der Waals surface area contributed by atoms with Gasteiger partial charge in [0.25, 0.3) is 0 Å². The van der Waals surface area contributed by atoms with Gasteiger partial charge in [0.05, 0.1) is 13.0 Å². The van der Waals surface area contributed by atoms with Gasteiger partial charge in [0, 0.05) is 12.3 Å².